The Morgan fingerprint density at radius 2 is 2.41 bits per heavy atom. The van der Waals surface area contributed by atoms with E-state index >= 15 is 0 Å². The molecule has 0 saturated carbocycles. The Morgan fingerprint density at radius 3 is 3.06 bits per heavy atom. The van der Waals surface area contributed by atoms with E-state index in [2.05, 4.69) is 23.3 Å². The highest BCUT2D eigenvalue weighted by molar-refractivity contribution is 6.29. The number of pyridine rings is 1. The molecule has 1 aliphatic rings. The van der Waals surface area contributed by atoms with E-state index in [1.165, 1.54) is 5.56 Å². The highest BCUT2D eigenvalue weighted by Gasteiger charge is 2.21. The molecule has 0 amide bonds. The molecule has 2 atom stereocenters. The predicted octanol–water partition coefficient (Wildman–Crippen LogP) is 2.56. The minimum Gasteiger partial charge on any atom is -0.381 e. The first-order chi connectivity index (χ1) is 8.15. The maximum absolute atomic E-state index is 5.93. The van der Waals surface area contributed by atoms with Crippen LogP contribution in [0.25, 0.3) is 0 Å². The van der Waals surface area contributed by atoms with E-state index in [1.54, 1.807) is 0 Å². The van der Waals surface area contributed by atoms with Crippen LogP contribution in [0, 0.1) is 12.8 Å². The molecular formula is C13H19ClN2O. The number of aromatic nitrogens is 1. The van der Waals surface area contributed by atoms with Gasteiger partial charge in [-0.3, -0.25) is 0 Å². The second-order valence-corrected chi connectivity index (χ2v) is 5.12. The molecule has 0 unspecified atom stereocenters. The number of ether oxygens (including phenoxy) is 1. The standard InChI is InChI=1S/C13H19ClN2O/c1-9-5-11(6-13(14)16-9)7-15-10(2)12-3-4-17-8-12/h5-6,10,12,15H,3-4,7-8H2,1-2H3/t10-,12+/m1/s1. The van der Waals surface area contributed by atoms with Crippen molar-refractivity contribution >= 4 is 11.6 Å². The largest absolute Gasteiger partial charge is 0.381 e. The zero-order chi connectivity index (χ0) is 12.3. The lowest BCUT2D eigenvalue weighted by atomic mass is 10.0. The van der Waals surface area contributed by atoms with Gasteiger partial charge in [0.2, 0.25) is 0 Å². The van der Waals surface area contributed by atoms with Crippen LogP contribution in [0.3, 0.4) is 0 Å². The van der Waals surface area contributed by atoms with E-state index < -0.39 is 0 Å². The third kappa shape index (κ3) is 3.66. The van der Waals surface area contributed by atoms with Gasteiger partial charge >= 0.3 is 0 Å². The maximum atomic E-state index is 5.93. The van der Waals surface area contributed by atoms with Gasteiger partial charge in [-0.2, -0.15) is 0 Å². The monoisotopic (exact) mass is 254 g/mol. The third-order valence-corrected chi connectivity index (χ3v) is 3.48. The first-order valence-corrected chi connectivity index (χ1v) is 6.47. The fourth-order valence-electron chi connectivity index (χ4n) is 2.19. The lowest BCUT2D eigenvalue weighted by molar-refractivity contribution is 0.178. The van der Waals surface area contributed by atoms with Gasteiger partial charge in [-0.1, -0.05) is 11.6 Å². The number of hydrogen-bond donors (Lipinski definition) is 1. The highest BCUT2D eigenvalue weighted by atomic mass is 35.5. The molecular weight excluding hydrogens is 236 g/mol. The van der Waals surface area contributed by atoms with Crippen molar-refractivity contribution in [2.45, 2.75) is 32.9 Å². The summed E-state index contributed by atoms with van der Waals surface area (Å²) in [6.07, 6.45) is 1.16. The highest BCUT2D eigenvalue weighted by Crippen LogP contribution is 2.17. The molecule has 0 aromatic carbocycles. The molecule has 1 aromatic heterocycles. The summed E-state index contributed by atoms with van der Waals surface area (Å²) in [7, 11) is 0. The summed E-state index contributed by atoms with van der Waals surface area (Å²) in [6.45, 7) is 6.79. The first kappa shape index (κ1) is 12.8. The average Bonchev–Trinajstić information content (AvgIpc) is 2.78. The van der Waals surface area contributed by atoms with Crippen LogP contribution < -0.4 is 5.32 Å². The van der Waals surface area contributed by atoms with Crippen LogP contribution in [-0.4, -0.2) is 24.2 Å². The topological polar surface area (TPSA) is 34.1 Å². The van der Waals surface area contributed by atoms with Gasteiger partial charge in [-0.25, -0.2) is 4.98 Å². The van der Waals surface area contributed by atoms with Crippen LogP contribution in [0.1, 0.15) is 24.6 Å². The Bertz CT molecular complexity index is 357. The summed E-state index contributed by atoms with van der Waals surface area (Å²) in [4.78, 5) is 4.16. The summed E-state index contributed by atoms with van der Waals surface area (Å²) in [6, 6.07) is 4.46. The lowest BCUT2D eigenvalue weighted by Crippen LogP contribution is -2.33. The van der Waals surface area contributed by atoms with Gasteiger partial charge in [0.15, 0.2) is 0 Å². The second-order valence-electron chi connectivity index (χ2n) is 4.73. The van der Waals surface area contributed by atoms with Crippen LogP contribution in [0.5, 0.6) is 0 Å². The third-order valence-electron chi connectivity index (χ3n) is 3.28. The Balaban J connectivity index is 1.88. The van der Waals surface area contributed by atoms with Crippen molar-refractivity contribution in [2.75, 3.05) is 13.2 Å². The number of aryl methyl sites for hydroxylation is 1. The smallest absolute Gasteiger partial charge is 0.129 e. The van der Waals surface area contributed by atoms with Crippen molar-refractivity contribution in [1.82, 2.24) is 10.3 Å². The Morgan fingerprint density at radius 1 is 1.59 bits per heavy atom. The molecule has 0 bridgehead atoms. The summed E-state index contributed by atoms with van der Waals surface area (Å²) in [5.41, 5.74) is 2.15. The minimum atomic E-state index is 0.477. The van der Waals surface area contributed by atoms with E-state index in [0.29, 0.717) is 17.1 Å². The molecule has 2 rings (SSSR count). The molecule has 2 heterocycles. The van der Waals surface area contributed by atoms with Crippen molar-refractivity contribution in [3.8, 4) is 0 Å². The summed E-state index contributed by atoms with van der Waals surface area (Å²) in [5.74, 6) is 0.633. The molecule has 1 aliphatic heterocycles. The Kier molecular flexibility index (Phi) is 4.37. The molecule has 1 N–H and O–H groups in total. The first-order valence-electron chi connectivity index (χ1n) is 6.09. The molecule has 17 heavy (non-hydrogen) atoms. The van der Waals surface area contributed by atoms with E-state index in [9.17, 15) is 0 Å². The van der Waals surface area contributed by atoms with Gasteiger partial charge in [0.1, 0.15) is 5.15 Å². The Hall–Kier alpha value is -0.640. The van der Waals surface area contributed by atoms with Crippen molar-refractivity contribution < 1.29 is 4.74 Å². The van der Waals surface area contributed by atoms with E-state index in [-0.39, 0.29) is 0 Å². The molecule has 1 aromatic rings. The number of hydrogen-bond acceptors (Lipinski definition) is 3. The number of rotatable bonds is 4. The lowest BCUT2D eigenvalue weighted by Gasteiger charge is -2.19. The SMILES string of the molecule is Cc1cc(CN[C@H](C)[C@H]2CCOC2)cc(Cl)n1. The summed E-state index contributed by atoms with van der Waals surface area (Å²) < 4.78 is 5.40. The normalized spacial score (nSPS) is 21.7. The zero-order valence-corrected chi connectivity index (χ0v) is 11.1. The van der Waals surface area contributed by atoms with Crippen LogP contribution in [0.2, 0.25) is 5.15 Å². The molecule has 4 heteroatoms. The van der Waals surface area contributed by atoms with E-state index in [4.69, 9.17) is 16.3 Å². The molecule has 94 valence electrons. The van der Waals surface area contributed by atoms with Crippen molar-refractivity contribution in [3.05, 3.63) is 28.5 Å². The number of halogens is 1. The van der Waals surface area contributed by atoms with Crippen molar-refractivity contribution in [2.24, 2.45) is 5.92 Å². The van der Waals surface area contributed by atoms with Gasteiger partial charge in [0.05, 0.1) is 6.61 Å². The molecule has 3 nitrogen and oxygen atoms in total. The zero-order valence-electron chi connectivity index (χ0n) is 10.4. The Labute approximate surface area is 108 Å². The fraction of sp³-hybridized carbons (Fsp3) is 0.615. The van der Waals surface area contributed by atoms with E-state index in [1.807, 2.05) is 13.0 Å². The molecule has 0 radical (unpaired) electrons. The summed E-state index contributed by atoms with van der Waals surface area (Å²) >= 11 is 5.93. The van der Waals surface area contributed by atoms with Crippen LogP contribution in [-0.2, 0) is 11.3 Å². The average molecular weight is 255 g/mol. The summed E-state index contributed by atoms with van der Waals surface area (Å²) in [5, 5.41) is 4.10. The van der Waals surface area contributed by atoms with Crippen molar-refractivity contribution in [3.63, 3.8) is 0 Å². The van der Waals surface area contributed by atoms with Gasteiger partial charge < -0.3 is 10.1 Å². The number of nitrogens with one attached hydrogen (secondary N) is 1. The maximum Gasteiger partial charge on any atom is 0.129 e. The molecule has 1 saturated heterocycles. The van der Waals surface area contributed by atoms with Crippen LogP contribution in [0.4, 0.5) is 0 Å². The molecule has 0 spiro atoms. The van der Waals surface area contributed by atoms with Crippen molar-refractivity contribution in [1.29, 1.82) is 0 Å². The quantitative estimate of drug-likeness (QED) is 0.839. The predicted molar refractivity (Wildman–Crippen MR) is 69.2 cm³/mol. The van der Waals surface area contributed by atoms with Gasteiger partial charge in [-0.05, 0) is 43.9 Å². The number of nitrogens with zero attached hydrogens (tertiary/aromatic N) is 1. The second kappa shape index (κ2) is 5.80. The van der Waals surface area contributed by atoms with E-state index in [0.717, 1.165) is 31.9 Å². The van der Waals surface area contributed by atoms with Crippen LogP contribution >= 0.6 is 11.6 Å². The molecule has 0 aliphatic carbocycles. The van der Waals surface area contributed by atoms with Crippen LogP contribution in [0.15, 0.2) is 12.1 Å². The van der Waals surface area contributed by atoms with Gasteiger partial charge in [0, 0.05) is 24.9 Å². The van der Waals surface area contributed by atoms with Gasteiger partial charge in [-0.15, -0.1) is 0 Å². The minimum absolute atomic E-state index is 0.477. The molecule has 1 fully saturated rings. The fourth-order valence-corrected chi connectivity index (χ4v) is 2.46. The van der Waals surface area contributed by atoms with Gasteiger partial charge in [0.25, 0.3) is 0 Å².